The fourth-order valence-electron chi connectivity index (χ4n) is 3.19. The van der Waals surface area contributed by atoms with Crippen LogP contribution in [0.5, 0.6) is 0 Å². The Balaban J connectivity index is 1.64. The van der Waals surface area contributed by atoms with Crippen molar-refractivity contribution in [3.63, 3.8) is 0 Å². The highest BCUT2D eigenvalue weighted by Crippen LogP contribution is 2.38. The first-order valence-corrected chi connectivity index (χ1v) is 7.25. The van der Waals surface area contributed by atoms with E-state index >= 15 is 0 Å². The Morgan fingerprint density at radius 2 is 2.00 bits per heavy atom. The van der Waals surface area contributed by atoms with Crippen molar-refractivity contribution in [2.45, 2.75) is 45.6 Å². The minimum absolute atomic E-state index is 0.379. The third kappa shape index (κ3) is 3.94. The van der Waals surface area contributed by atoms with Gasteiger partial charge in [-0.3, -0.25) is 0 Å². The molecule has 2 fully saturated rings. The first-order chi connectivity index (χ1) is 8.20. The number of hydrogen-bond donors (Lipinski definition) is 1. The minimum Gasteiger partial charge on any atom is -0.379 e. The average Bonchev–Trinajstić information content (AvgIpc) is 2.69. The van der Waals surface area contributed by atoms with Gasteiger partial charge >= 0.3 is 0 Å². The molecule has 1 N–H and O–H groups in total. The lowest BCUT2D eigenvalue weighted by molar-refractivity contribution is 0.0708. The van der Waals surface area contributed by atoms with Crippen LogP contribution in [0.15, 0.2) is 0 Å². The fourth-order valence-corrected chi connectivity index (χ4v) is 3.19. The van der Waals surface area contributed by atoms with Crippen LogP contribution in [0, 0.1) is 5.41 Å². The summed E-state index contributed by atoms with van der Waals surface area (Å²) >= 11 is 0. The normalized spacial score (nSPS) is 24.9. The lowest BCUT2D eigenvalue weighted by Crippen LogP contribution is -2.38. The molecular weight excluding hydrogens is 212 g/mol. The average molecular weight is 240 g/mol. The van der Waals surface area contributed by atoms with E-state index in [9.17, 15) is 0 Å². The minimum atomic E-state index is 0.379. The molecule has 0 aromatic rings. The van der Waals surface area contributed by atoms with Gasteiger partial charge < -0.3 is 15.0 Å². The van der Waals surface area contributed by atoms with Crippen LogP contribution in [-0.4, -0.2) is 50.3 Å². The molecule has 2 rings (SSSR count). The van der Waals surface area contributed by atoms with Crippen molar-refractivity contribution in [3.05, 3.63) is 0 Å². The summed E-state index contributed by atoms with van der Waals surface area (Å²) in [4.78, 5) is 2.65. The lowest BCUT2D eigenvalue weighted by Gasteiger charge is -2.33. The molecule has 0 aliphatic carbocycles. The molecule has 3 heteroatoms. The van der Waals surface area contributed by atoms with Crippen molar-refractivity contribution in [1.29, 1.82) is 0 Å². The summed E-state index contributed by atoms with van der Waals surface area (Å²) in [5.74, 6) is 0. The van der Waals surface area contributed by atoms with E-state index in [1.807, 2.05) is 0 Å². The van der Waals surface area contributed by atoms with Gasteiger partial charge in [0.15, 0.2) is 0 Å². The van der Waals surface area contributed by atoms with Gasteiger partial charge in [-0.25, -0.2) is 0 Å². The van der Waals surface area contributed by atoms with Gasteiger partial charge in [0.1, 0.15) is 0 Å². The van der Waals surface area contributed by atoms with Crippen molar-refractivity contribution >= 4 is 0 Å². The topological polar surface area (TPSA) is 24.5 Å². The summed E-state index contributed by atoms with van der Waals surface area (Å²) in [5.41, 5.74) is 0.657. The van der Waals surface area contributed by atoms with E-state index in [1.54, 1.807) is 0 Å². The highest BCUT2D eigenvalue weighted by atomic mass is 16.5. The Hall–Kier alpha value is -0.120. The van der Waals surface area contributed by atoms with Crippen molar-refractivity contribution in [2.75, 3.05) is 39.3 Å². The maximum Gasteiger partial charge on any atom is 0.0518 e. The number of hydrogen-bond acceptors (Lipinski definition) is 3. The number of likely N-dealkylation sites (tertiary alicyclic amines) is 1. The molecule has 2 heterocycles. The Kier molecular flexibility index (Phi) is 4.83. The Morgan fingerprint density at radius 1 is 1.24 bits per heavy atom. The fraction of sp³-hybridized carbons (Fsp3) is 1.00. The van der Waals surface area contributed by atoms with E-state index in [0.29, 0.717) is 11.5 Å². The SMILES string of the molecule is CC(C)OCCCN1CCC2(CCNCC2)C1. The predicted octanol–water partition coefficient (Wildman–Crippen LogP) is 1.88. The Bertz CT molecular complexity index is 224. The zero-order valence-corrected chi connectivity index (χ0v) is 11.5. The van der Waals surface area contributed by atoms with Gasteiger partial charge in [-0.2, -0.15) is 0 Å². The molecule has 0 unspecified atom stereocenters. The standard InChI is InChI=1S/C14H28N2O/c1-13(2)17-11-3-9-16-10-6-14(12-16)4-7-15-8-5-14/h13,15H,3-12H2,1-2H3. The molecule has 0 radical (unpaired) electrons. The largest absolute Gasteiger partial charge is 0.379 e. The van der Waals surface area contributed by atoms with Gasteiger partial charge in [0.25, 0.3) is 0 Å². The molecule has 0 aromatic heterocycles. The summed E-state index contributed by atoms with van der Waals surface area (Å²) in [6, 6.07) is 0. The third-order valence-electron chi connectivity index (χ3n) is 4.25. The number of rotatable bonds is 5. The molecule has 0 atom stereocenters. The monoisotopic (exact) mass is 240 g/mol. The highest BCUT2D eigenvalue weighted by molar-refractivity contribution is 4.92. The molecular formula is C14H28N2O. The van der Waals surface area contributed by atoms with Crippen LogP contribution in [-0.2, 0) is 4.74 Å². The van der Waals surface area contributed by atoms with Crippen molar-refractivity contribution in [3.8, 4) is 0 Å². The molecule has 0 aromatic carbocycles. The van der Waals surface area contributed by atoms with Gasteiger partial charge in [0.05, 0.1) is 6.10 Å². The highest BCUT2D eigenvalue weighted by Gasteiger charge is 2.38. The summed E-state index contributed by atoms with van der Waals surface area (Å²) < 4.78 is 5.60. The molecule has 0 bridgehead atoms. The summed E-state index contributed by atoms with van der Waals surface area (Å²) in [7, 11) is 0. The van der Waals surface area contributed by atoms with E-state index in [4.69, 9.17) is 4.74 Å². The van der Waals surface area contributed by atoms with Gasteiger partial charge in [0.2, 0.25) is 0 Å². The number of nitrogens with one attached hydrogen (secondary N) is 1. The predicted molar refractivity (Wildman–Crippen MR) is 71.3 cm³/mol. The van der Waals surface area contributed by atoms with Gasteiger partial charge in [0, 0.05) is 19.7 Å². The Labute approximate surface area is 106 Å². The van der Waals surface area contributed by atoms with Crippen LogP contribution < -0.4 is 5.32 Å². The second kappa shape index (κ2) is 6.17. The van der Waals surface area contributed by atoms with Gasteiger partial charge in [-0.05, 0) is 64.6 Å². The van der Waals surface area contributed by atoms with Gasteiger partial charge in [-0.1, -0.05) is 0 Å². The molecule has 100 valence electrons. The van der Waals surface area contributed by atoms with E-state index in [-0.39, 0.29) is 0 Å². The maximum atomic E-state index is 5.60. The summed E-state index contributed by atoms with van der Waals surface area (Å²) in [6.45, 7) is 11.5. The van der Waals surface area contributed by atoms with E-state index in [0.717, 1.165) is 6.61 Å². The Morgan fingerprint density at radius 3 is 2.71 bits per heavy atom. The van der Waals surface area contributed by atoms with Crippen LogP contribution in [0.2, 0.25) is 0 Å². The molecule has 2 aliphatic rings. The van der Waals surface area contributed by atoms with Crippen LogP contribution >= 0.6 is 0 Å². The zero-order valence-electron chi connectivity index (χ0n) is 11.5. The smallest absolute Gasteiger partial charge is 0.0518 e. The first kappa shape index (κ1) is 13.3. The number of piperidine rings is 1. The third-order valence-corrected chi connectivity index (χ3v) is 4.25. The van der Waals surface area contributed by atoms with E-state index < -0.39 is 0 Å². The van der Waals surface area contributed by atoms with E-state index in [2.05, 4.69) is 24.1 Å². The van der Waals surface area contributed by atoms with Crippen molar-refractivity contribution in [1.82, 2.24) is 10.2 Å². The molecule has 0 saturated carbocycles. The van der Waals surface area contributed by atoms with Crippen molar-refractivity contribution in [2.24, 2.45) is 5.41 Å². The lowest BCUT2D eigenvalue weighted by atomic mass is 9.78. The second-order valence-electron chi connectivity index (χ2n) is 6.05. The maximum absolute atomic E-state index is 5.60. The van der Waals surface area contributed by atoms with Crippen LogP contribution in [0.1, 0.15) is 39.5 Å². The van der Waals surface area contributed by atoms with Gasteiger partial charge in [-0.15, -0.1) is 0 Å². The number of nitrogens with zero attached hydrogens (tertiary/aromatic N) is 1. The summed E-state index contributed by atoms with van der Waals surface area (Å²) in [5, 5.41) is 3.48. The van der Waals surface area contributed by atoms with E-state index in [1.165, 1.54) is 58.4 Å². The zero-order chi connectivity index (χ0) is 12.1. The summed E-state index contributed by atoms with van der Waals surface area (Å²) in [6.07, 6.45) is 5.74. The molecule has 3 nitrogen and oxygen atoms in total. The van der Waals surface area contributed by atoms with Crippen LogP contribution in [0.3, 0.4) is 0 Å². The van der Waals surface area contributed by atoms with Crippen LogP contribution in [0.4, 0.5) is 0 Å². The molecule has 1 spiro atoms. The molecule has 0 amide bonds. The molecule has 2 saturated heterocycles. The number of ether oxygens (including phenoxy) is 1. The quantitative estimate of drug-likeness (QED) is 0.743. The molecule has 2 aliphatic heterocycles. The first-order valence-electron chi connectivity index (χ1n) is 7.25. The van der Waals surface area contributed by atoms with Crippen LogP contribution in [0.25, 0.3) is 0 Å². The molecule has 17 heavy (non-hydrogen) atoms. The van der Waals surface area contributed by atoms with Crippen molar-refractivity contribution < 1.29 is 4.74 Å². The second-order valence-corrected chi connectivity index (χ2v) is 6.05.